The van der Waals surface area contributed by atoms with Crippen molar-refractivity contribution in [1.29, 1.82) is 0 Å². The molecule has 2 aromatic carbocycles. The Morgan fingerprint density at radius 1 is 1.12 bits per heavy atom. The smallest absolute Gasteiger partial charge is 0.257 e. The van der Waals surface area contributed by atoms with Gasteiger partial charge in [0.15, 0.2) is 15.7 Å². The lowest BCUT2D eigenvalue weighted by Crippen LogP contribution is -2.18. The van der Waals surface area contributed by atoms with Crippen molar-refractivity contribution in [2.24, 2.45) is 7.05 Å². The number of nitrogens with one attached hydrogen (secondary N) is 1. The van der Waals surface area contributed by atoms with Gasteiger partial charge in [-0.05, 0) is 48.9 Å². The maximum atomic E-state index is 12.8. The van der Waals surface area contributed by atoms with Crippen LogP contribution in [0.1, 0.15) is 22.8 Å². The van der Waals surface area contributed by atoms with Crippen LogP contribution in [0.3, 0.4) is 0 Å². The Balaban J connectivity index is 1.62. The monoisotopic (exact) mass is 469 g/mol. The number of fused-ring (bicyclic) bond motifs is 1. The number of hydrogen-bond donors (Lipinski definition) is 1. The van der Waals surface area contributed by atoms with Gasteiger partial charge in [-0.15, -0.1) is 0 Å². The summed E-state index contributed by atoms with van der Waals surface area (Å²) < 4.78 is 42.5. The fourth-order valence-corrected chi connectivity index (χ4v) is 4.54. The molecule has 0 bridgehead atoms. The molecule has 1 amide bonds. The minimum absolute atomic E-state index is 0.232. The van der Waals surface area contributed by atoms with Crippen LogP contribution in [0.25, 0.3) is 6.08 Å². The van der Waals surface area contributed by atoms with E-state index in [1.165, 1.54) is 12.1 Å². The minimum atomic E-state index is -3.40. The highest BCUT2D eigenvalue weighted by Gasteiger charge is 2.21. The number of hydrogen-bond acceptors (Lipinski definition) is 7. The number of ether oxygens (including phenoxy) is 3. The third kappa shape index (κ3) is 5.24. The Hall–Kier alpha value is -3.63. The van der Waals surface area contributed by atoms with Crippen LogP contribution in [-0.2, 0) is 21.6 Å². The zero-order valence-corrected chi connectivity index (χ0v) is 19.1. The predicted molar refractivity (Wildman–Crippen MR) is 122 cm³/mol. The van der Waals surface area contributed by atoms with E-state index in [0.29, 0.717) is 40.8 Å². The summed E-state index contributed by atoms with van der Waals surface area (Å²) in [4.78, 5) is 13.1. The second kappa shape index (κ2) is 9.08. The van der Waals surface area contributed by atoms with E-state index in [4.69, 9.17) is 14.2 Å². The van der Waals surface area contributed by atoms with Crippen molar-refractivity contribution in [3.63, 3.8) is 0 Å². The first-order valence-electron chi connectivity index (χ1n) is 10.1. The molecule has 10 heteroatoms. The third-order valence-electron chi connectivity index (χ3n) is 4.79. The van der Waals surface area contributed by atoms with E-state index in [2.05, 4.69) is 10.4 Å². The quantitative estimate of drug-likeness (QED) is 0.536. The average Bonchev–Trinajstić information content (AvgIpc) is 3.29. The van der Waals surface area contributed by atoms with Gasteiger partial charge in [0.05, 0.1) is 11.5 Å². The Kier molecular flexibility index (Phi) is 6.21. The Morgan fingerprint density at radius 2 is 1.91 bits per heavy atom. The number of sulfone groups is 1. The first kappa shape index (κ1) is 22.6. The van der Waals surface area contributed by atoms with Gasteiger partial charge in [-0.25, -0.2) is 8.42 Å². The highest BCUT2D eigenvalue weighted by Crippen LogP contribution is 2.33. The lowest BCUT2D eigenvalue weighted by atomic mass is 10.1. The molecule has 0 spiro atoms. The molecule has 4 rings (SSSR count). The van der Waals surface area contributed by atoms with Crippen molar-refractivity contribution < 1.29 is 27.4 Å². The molecule has 33 heavy (non-hydrogen) atoms. The Morgan fingerprint density at radius 3 is 2.64 bits per heavy atom. The summed E-state index contributed by atoms with van der Waals surface area (Å²) in [7, 11) is -0.0642. The van der Waals surface area contributed by atoms with Crippen LogP contribution in [-0.4, -0.2) is 43.9 Å². The third-order valence-corrected chi connectivity index (χ3v) is 6.27. The Bertz CT molecular complexity index is 1330. The number of carbonyl (C=O) groups excluding carboxylic acids is 1. The fourth-order valence-electron chi connectivity index (χ4n) is 3.35. The number of carbonyl (C=O) groups is 1. The van der Waals surface area contributed by atoms with E-state index in [1.807, 2.05) is 6.92 Å². The molecule has 2 heterocycles. The number of nitrogens with zero attached hydrogens (tertiary/aromatic N) is 2. The van der Waals surface area contributed by atoms with Crippen molar-refractivity contribution in [2.45, 2.75) is 17.9 Å². The van der Waals surface area contributed by atoms with E-state index in [-0.39, 0.29) is 16.9 Å². The van der Waals surface area contributed by atoms with E-state index in [1.54, 1.807) is 61.4 Å². The molecule has 0 saturated carbocycles. The van der Waals surface area contributed by atoms with Gasteiger partial charge in [0.2, 0.25) is 0 Å². The lowest BCUT2D eigenvalue weighted by molar-refractivity contribution is 0.0915. The van der Waals surface area contributed by atoms with Crippen LogP contribution in [0.4, 0.5) is 5.82 Å². The summed E-state index contributed by atoms with van der Waals surface area (Å²) in [6.45, 7) is 2.21. The van der Waals surface area contributed by atoms with Crippen molar-refractivity contribution in [1.82, 2.24) is 9.78 Å². The lowest BCUT2D eigenvalue weighted by Gasteiger charge is -2.16. The van der Waals surface area contributed by atoms with Crippen molar-refractivity contribution in [2.75, 3.05) is 19.0 Å². The molecule has 3 aromatic rings. The van der Waals surface area contributed by atoms with Crippen LogP contribution in [0.5, 0.6) is 17.2 Å². The average molecular weight is 470 g/mol. The van der Waals surface area contributed by atoms with Crippen molar-refractivity contribution in [3.05, 3.63) is 65.2 Å². The van der Waals surface area contributed by atoms with Gasteiger partial charge in [-0.3, -0.25) is 9.48 Å². The molecule has 9 nitrogen and oxygen atoms in total. The SMILES string of the molecule is COCC(C)Oc1cc(Oc2ccc3c(c2)C=CS3(=O)=O)cc(C(=O)Nc2ccn(C)n2)c1. The van der Waals surface area contributed by atoms with Crippen molar-refractivity contribution in [3.8, 4) is 17.2 Å². The standard InChI is InChI=1S/C23H23N3O6S/c1-15(14-30-3)31-19-11-17(23(27)24-22-6-8-26(2)25-22)12-20(13-19)32-18-4-5-21-16(10-18)7-9-33(21,28)29/h4-13,15H,14H2,1-3H3,(H,24,25,27). The topological polar surface area (TPSA) is 109 Å². The first-order chi connectivity index (χ1) is 15.7. The number of aromatic nitrogens is 2. The molecular weight excluding hydrogens is 446 g/mol. The Labute approximate surface area is 191 Å². The van der Waals surface area contributed by atoms with Crippen molar-refractivity contribution >= 4 is 27.6 Å². The van der Waals surface area contributed by atoms with Gasteiger partial charge in [0.25, 0.3) is 5.91 Å². The first-order valence-corrected chi connectivity index (χ1v) is 11.6. The second-order valence-corrected chi connectivity index (χ2v) is 9.36. The van der Waals surface area contributed by atoms with Crippen LogP contribution in [0.15, 0.2) is 59.0 Å². The molecular formula is C23H23N3O6S. The van der Waals surface area contributed by atoms with Gasteiger partial charge in [-0.2, -0.15) is 5.10 Å². The molecule has 1 N–H and O–H groups in total. The van der Waals surface area contributed by atoms with Gasteiger partial charge >= 0.3 is 0 Å². The maximum absolute atomic E-state index is 12.8. The number of methoxy groups -OCH3 is 1. The highest BCUT2D eigenvalue weighted by atomic mass is 32.2. The van der Waals surface area contributed by atoms with Crippen LogP contribution in [0.2, 0.25) is 0 Å². The number of anilines is 1. The maximum Gasteiger partial charge on any atom is 0.257 e. The van der Waals surface area contributed by atoms with Gasteiger partial charge in [-0.1, -0.05) is 0 Å². The summed E-state index contributed by atoms with van der Waals surface area (Å²) in [5.41, 5.74) is 0.850. The fraction of sp³-hybridized carbons (Fsp3) is 0.217. The second-order valence-electron chi connectivity index (χ2n) is 7.56. The largest absolute Gasteiger partial charge is 0.488 e. The normalized spacial score (nSPS) is 14.5. The summed E-state index contributed by atoms with van der Waals surface area (Å²) in [5.74, 6) is 1.23. The molecule has 1 aliphatic rings. The molecule has 1 aliphatic heterocycles. The number of benzene rings is 2. The van der Waals surface area contributed by atoms with Crippen LogP contribution in [0, 0.1) is 0 Å². The van der Waals surface area contributed by atoms with Gasteiger partial charge in [0.1, 0.15) is 23.4 Å². The zero-order chi connectivity index (χ0) is 23.6. The predicted octanol–water partition coefficient (Wildman–Crippen LogP) is 3.64. The van der Waals surface area contributed by atoms with Crippen LogP contribution >= 0.6 is 0 Å². The number of aryl methyl sites for hydroxylation is 1. The van der Waals surface area contributed by atoms with Gasteiger partial charge < -0.3 is 19.5 Å². The van der Waals surface area contributed by atoms with E-state index < -0.39 is 9.84 Å². The minimum Gasteiger partial charge on any atom is -0.488 e. The summed E-state index contributed by atoms with van der Waals surface area (Å²) >= 11 is 0. The van der Waals surface area contributed by atoms with Gasteiger partial charge in [0, 0.05) is 43.5 Å². The molecule has 1 unspecified atom stereocenters. The number of amides is 1. The number of rotatable bonds is 8. The molecule has 0 saturated heterocycles. The molecule has 1 atom stereocenters. The zero-order valence-electron chi connectivity index (χ0n) is 18.3. The molecule has 0 aliphatic carbocycles. The summed E-state index contributed by atoms with van der Waals surface area (Å²) in [6, 6.07) is 11.2. The summed E-state index contributed by atoms with van der Waals surface area (Å²) in [5, 5.41) is 8.05. The van der Waals surface area contributed by atoms with E-state index >= 15 is 0 Å². The van der Waals surface area contributed by atoms with Crippen LogP contribution < -0.4 is 14.8 Å². The molecule has 0 radical (unpaired) electrons. The highest BCUT2D eigenvalue weighted by molar-refractivity contribution is 7.94. The molecule has 0 fully saturated rings. The van der Waals surface area contributed by atoms with E-state index in [0.717, 1.165) is 5.41 Å². The summed E-state index contributed by atoms with van der Waals surface area (Å²) in [6.07, 6.45) is 2.99. The molecule has 1 aromatic heterocycles. The molecule has 172 valence electrons. The van der Waals surface area contributed by atoms with E-state index in [9.17, 15) is 13.2 Å².